The molecule has 1 atom stereocenters. The molecule has 96 valence electrons. The van der Waals surface area contributed by atoms with Crippen LogP contribution in [0.1, 0.15) is 38.9 Å². The average molecular weight is 300 g/mol. The quantitative estimate of drug-likeness (QED) is 0.889. The van der Waals surface area contributed by atoms with Gasteiger partial charge in [0.15, 0.2) is 0 Å². The highest BCUT2D eigenvalue weighted by molar-refractivity contribution is 9.10. The van der Waals surface area contributed by atoms with Gasteiger partial charge in [-0.1, -0.05) is 35.8 Å². The molecular formula is C14H22BrNO. The van der Waals surface area contributed by atoms with Crippen LogP contribution in [-0.4, -0.2) is 18.7 Å². The lowest BCUT2D eigenvalue weighted by Gasteiger charge is -2.21. The van der Waals surface area contributed by atoms with Gasteiger partial charge >= 0.3 is 0 Å². The van der Waals surface area contributed by atoms with E-state index in [1.807, 2.05) is 6.07 Å². The van der Waals surface area contributed by atoms with E-state index in [9.17, 15) is 5.11 Å². The Morgan fingerprint density at radius 3 is 2.41 bits per heavy atom. The minimum absolute atomic E-state index is 0.431. The molecule has 1 aromatic rings. The van der Waals surface area contributed by atoms with Crippen molar-refractivity contribution in [3.8, 4) is 0 Å². The highest BCUT2D eigenvalue weighted by Crippen LogP contribution is 2.28. The van der Waals surface area contributed by atoms with E-state index in [1.54, 1.807) is 6.92 Å². The predicted molar refractivity (Wildman–Crippen MR) is 77.5 cm³/mol. The highest BCUT2D eigenvalue weighted by atomic mass is 79.9. The van der Waals surface area contributed by atoms with Crippen LogP contribution in [0.25, 0.3) is 0 Å². The Morgan fingerprint density at radius 1 is 1.29 bits per heavy atom. The zero-order valence-corrected chi connectivity index (χ0v) is 12.7. The lowest BCUT2D eigenvalue weighted by atomic mass is 10.1. The fourth-order valence-electron chi connectivity index (χ4n) is 1.67. The minimum Gasteiger partial charge on any atom is -0.389 e. The Balaban J connectivity index is 2.75. The molecule has 0 heterocycles. The maximum atomic E-state index is 9.57. The van der Waals surface area contributed by atoms with Crippen LogP contribution in [0, 0.1) is 5.92 Å². The van der Waals surface area contributed by atoms with Crippen molar-refractivity contribution < 1.29 is 5.11 Å². The number of anilines is 1. The fourth-order valence-corrected chi connectivity index (χ4v) is 2.37. The number of halogens is 1. The van der Waals surface area contributed by atoms with E-state index in [-0.39, 0.29) is 0 Å². The summed E-state index contributed by atoms with van der Waals surface area (Å²) >= 11 is 3.51. The first-order chi connectivity index (χ1) is 7.91. The van der Waals surface area contributed by atoms with E-state index in [2.05, 4.69) is 53.9 Å². The zero-order chi connectivity index (χ0) is 13.0. The van der Waals surface area contributed by atoms with Crippen molar-refractivity contribution in [3.05, 3.63) is 28.2 Å². The van der Waals surface area contributed by atoms with Gasteiger partial charge in [0.25, 0.3) is 0 Å². The van der Waals surface area contributed by atoms with Crippen LogP contribution in [0.2, 0.25) is 0 Å². The van der Waals surface area contributed by atoms with Gasteiger partial charge in [0, 0.05) is 23.8 Å². The maximum absolute atomic E-state index is 9.57. The summed E-state index contributed by atoms with van der Waals surface area (Å²) in [4.78, 5) is 2.25. The van der Waals surface area contributed by atoms with Gasteiger partial charge in [-0.15, -0.1) is 0 Å². The summed E-state index contributed by atoms with van der Waals surface area (Å²) in [5, 5.41) is 9.57. The number of aliphatic hydroxyl groups excluding tert-OH is 1. The van der Waals surface area contributed by atoms with Crippen LogP contribution < -0.4 is 4.90 Å². The van der Waals surface area contributed by atoms with Crippen LogP contribution in [0.15, 0.2) is 22.7 Å². The lowest BCUT2D eigenvalue weighted by Crippen LogP contribution is -2.19. The normalized spacial score (nSPS) is 12.9. The van der Waals surface area contributed by atoms with Crippen molar-refractivity contribution in [1.82, 2.24) is 0 Å². The first kappa shape index (κ1) is 14.5. The molecule has 1 rings (SSSR count). The van der Waals surface area contributed by atoms with Gasteiger partial charge in [0.2, 0.25) is 0 Å². The molecule has 3 heteroatoms. The van der Waals surface area contributed by atoms with Gasteiger partial charge in [0.1, 0.15) is 0 Å². The Kier molecular flexibility index (Phi) is 5.47. The molecule has 0 aliphatic heterocycles. The largest absolute Gasteiger partial charge is 0.389 e. The van der Waals surface area contributed by atoms with E-state index in [1.165, 1.54) is 12.1 Å². The molecule has 2 nitrogen and oxygen atoms in total. The molecule has 1 N–H and O–H groups in total. The Labute approximate surface area is 113 Å². The van der Waals surface area contributed by atoms with Crippen molar-refractivity contribution in [3.63, 3.8) is 0 Å². The van der Waals surface area contributed by atoms with Crippen molar-refractivity contribution in [2.24, 2.45) is 5.92 Å². The average Bonchev–Trinajstić information content (AvgIpc) is 2.25. The summed E-state index contributed by atoms with van der Waals surface area (Å²) in [7, 11) is 2.10. The molecule has 0 bridgehead atoms. The Bertz CT molecular complexity index is 363. The van der Waals surface area contributed by atoms with E-state index < -0.39 is 6.10 Å². The lowest BCUT2D eigenvalue weighted by molar-refractivity contribution is 0.198. The van der Waals surface area contributed by atoms with Gasteiger partial charge in [-0.25, -0.2) is 0 Å². The number of hydrogen-bond acceptors (Lipinski definition) is 2. The molecule has 0 saturated heterocycles. The summed E-state index contributed by atoms with van der Waals surface area (Å²) in [5.74, 6) is 0.720. The summed E-state index contributed by atoms with van der Waals surface area (Å²) in [6.07, 6.45) is 0.756. The summed E-state index contributed by atoms with van der Waals surface area (Å²) in [6, 6.07) is 6.12. The number of rotatable bonds is 5. The second kappa shape index (κ2) is 6.41. The second-order valence-electron chi connectivity index (χ2n) is 4.99. The molecule has 17 heavy (non-hydrogen) atoms. The smallest absolute Gasteiger partial charge is 0.0772 e. The van der Waals surface area contributed by atoms with Crippen LogP contribution in [0.4, 0.5) is 5.69 Å². The van der Waals surface area contributed by atoms with Gasteiger partial charge in [-0.2, -0.15) is 0 Å². The van der Waals surface area contributed by atoms with Gasteiger partial charge in [0.05, 0.1) is 6.10 Å². The van der Waals surface area contributed by atoms with Crippen molar-refractivity contribution >= 4 is 21.6 Å². The number of nitrogens with zero attached hydrogens (tertiary/aromatic N) is 1. The molecular weight excluding hydrogens is 278 g/mol. The number of hydrogen-bond donors (Lipinski definition) is 1. The first-order valence-corrected chi connectivity index (χ1v) is 6.89. The molecule has 0 saturated carbocycles. The summed E-state index contributed by atoms with van der Waals surface area (Å²) in [6.45, 7) is 7.31. The summed E-state index contributed by atoms with van der Waals surface area (Å²) in [5.41, 5.74) is 2.12. The molecule has 1 aromatic carbocycles. The fraction of sp³-hybridized carbons (Fsp3) is 0.571. The molecule has 0 unspecified atom stereocenters. The number of aliphatic hydroxyl groups is 1. The van der Waals surface area contributed by atoms with E-state index in [0.717, 1.165) is 22.5 Å². The first-order valence-electron chi connectivity index (χ1n) is 6.10. The molecule has 0 aliphatic rings. The zero-order valence-electron chi connectivity index (χ0n) is 11.1. The van der Waals surface area contributed by atoms with Crippen LogP contribution in [-0.2, 0) is 0 Å². The SMILES string of the molecule is CC(C)CCN(C)c1ccc([C@@H](C)O)c(Br)c1. The Hall–Kier alpha value is -0.540. The van der Waals surface area contributed by atoms with Crippen molar-refractivity contribution in [2.75, 3.05) is 18.5 Å². The second-order valence-corrected chi connectivity index (χ2v) is 5.84. The standard InChI is InChI=1S/C14H22BrNO/c1-10(2)7-8-16(4)12-5-6-13(11(3)17)14(15)9-12/h5-6,9-11,17H,7-8H2,1-4H3/t11-/m1/s1. The number of benzene rings is 1. The van der Waals surface area contributed by atoms with Crippen molar-refractivity contribution in [2.45, 2.75) is 33.3 Å². The third kappa shape index (κ3) is 4.32. The maximum Gasteiger partial charge on any atom is 0.0772 e. The van der Waals surface area contributed by atoms with E-state index >= 15 is 0 Å². The third-order valence-electron chi connectivity index (χ3n) is 2.92. The van der Waals surface area contributed by atoms with Gasteiger partial charge in [-0.05, 0) is 37.0 Å². The molecule has 0 amide bonds. The Morgan fingerprint density at radius 2 is 1.94 bits per heavy atom. The van der Waals surface area contributed by atoms with E-state index in [0.29, 0.717) is 0 Å². The molecule has 0 radical (unpaired) electrons. The van der Waals surface area contributed by atoms with Gasteiger partial charge < -0.3 is 10.0 Å². The monoisotopic (exact) mass is 299 g/mol. The van der Waals surface area contributed by atoms with Crippen LogP contribution in [0.3, 0.4) is 0 Å². The minimum atomic E-state index is -0.431. The van der Waals surface area contributed by atoms with Crippen LogP contribution >= 0.6 is 15.9 Å². The third-order valence-corrected chi connectivity index (χ3v) is 3.60. The predicted octanol–water partition coefficient (Wildman–Crippen LogP) is 3.98. The summed E-state index contributed by atoms with van der Waals surface area (Å²) < 4.78 is 0.974. The highest BCUT2D eigenvalue weighted by Gasteiger charge is 2.09. The van der Waals surface area contributed by atoms with Crippen molar-refractivity contribution in [1.29, 1.82) is 0 Å². The van der Waals surface area contributed by atoms with Gasteiger partial charge in [-0.3, -0.25) is 0 Å². The molecule has 0 fully saturated rings. The molecule has 0 spiro atoms. The van der Waals surface area contributed by atoms with E-state index in [4.69, 9.17) is 0 Å². The van der Waals surface area contributed by atoms with Crippen LogP contribution in [0.5, 0.6) is 0 Å². The topological polar surface area (TPSA) is 23.5 Å². The molecule has 0 aromatic heterocycles. The molecule has 0 aliphatic carbocycles.